The predicted octanol–water partition coefficient (Wildman–Crippen LogP) is -0.0960. The summed E-state index contributed by atoms with van der Waals surface area (Å²) in [4.78, 5) is 25.8. The molecule has 5 N–H and O–H groups in total. The zero-order valence-corrected chi connectivity index (χ0v) is 10.5. The third kappa shape index (κ3) is 11.6. The van der Waals surface area contributed by atoms with Crippen molar-refractivity contribution in [3.8, 4) is 0 Å². The molecule has 1 atom stereocenters. The molecule has 0 aromatic rings. The van der Waals surface area contributed by atoms with E-state index in [9.17, 15) is 9.59 Å². The summed E-state index contributed by atoms with van der Waals surface area (Å²) in [5.74, 6) is -1.87. The molecule has 0 aliphatic heterocycles. The fraction of sp³-hybridized carbons (Fsp3) is 0.800. The number of carbonyl (C=O) groups is 2. The van der Waals surface area contributed by atoms with Gasteiger partial charge in [-0.3, -0.25) is 24.8 Å². The summed E-state index contributed by atoms with van der Waals surface area (Å²) >= 11 is 0. The lowest BCUT2D eigenvalue weighted by atomic mass is 10.2. The number of nitrogens with two attached hydrogens (primary N) is 1. The van der Waals surface area contributed by atoms with Crippen LogP contribution in [0.4, 0.5) is 0 Å². The fourth-order valence-electron chi connectivity index (χ4n) is 1.22. The lowest BCUT2D eigenvalue weighted by Crippen LogP contribution is -2.33. The normalized spacial score (nSPS) is 12.4. The number of rotatable bonds is 11. The Morgan fingerprint density at radius 1 is 1.11 bits per heavy atom. The molecular formula is C10H20N2O7. The summed E-state index contributed by atoms with van der Waals surface area (Å²) in [7, 11) is 0. The first-order chi connectivity index (χ1) is 8.93. The molecule has 0 saturated carbocycles. The van der Waals surface area contributed by atoms with Crippen molar-refractivity contribution in [2.45, 2.75) is 38.1 Å². The Bertz CT molecular complexity index is 273. The highest BCUT2D eigenvalue weighted by atomic mass is 17.1. The van der Waals surface area contributed by atoms with E-state index in [0.29, 0.717) is 12.8 Å². The average Bonchev–Trinajstić information content (AvgIpc) is 2.31. The number of nitrogens with zero attached hydrogens (tertiary/aromatic N) is 1. The van der Waals surface area contributed by atoms with Gasteiger partial charge in [-0.25, -0.2) is 0 Å². The van der Waals surface area contributed by atoms with E-state index in [-0.39, 0.29) is 25.0 Å². The van der Waals surface area contributed by atoms with Crippen LogP contribution < -0.4 is 5.73 Å². The Hall–Kier alpha value is -1.26. The van der Waals surface area contributed by atoms with Gasteiger partial charge in [0.15, 0.2) is 0 Å². The molecule has 112 valence electrons. The first-order valence-corrected chi connectivity index (χ1v) is 5.88. The van der Waals surface area contributed by atoms with E-state index >= 15 is 0 Å². The number of carbonyl (C=O) groups excluding carboxylic acids is 1. The molecule has 0 spiro atoms. The van der Waals surface area contributed by atoms with Crippen molar-refractivity contribution in [2.24, 2.45) is 5.73 Å². The lowest BCUT2D eigenvalue weighted by molar-refractivity contribution is -0.492. The second-order valence-corrected chi connectivity index (χ2v) is 3.87. The summed E-state index contributed by atoms with van der Waals surface area (Å²) in [6.07, 6.45) is 2.48. The Labute approximate surface area is 110 Å². The van der Waals surface area contributed by atoms with E-state index in [1.807, 2.05) is 0 Å². The van der Waals surface area contributed by atoms with Crippen molar-refractivity contribution in [1.29, 1.82) is 0 Å². The molecule has 0 saturated heterocycles. The standard InChI is InChI=1S/C10H20N2O7/c11-8(10(14)15)7-9(13)18-5-3-1-2-4-6-19-12(16)17/h8,16-17H,1-7,11H2,(H,14,15). The molecule has 9 heteroatoms. The number of esters is 1. The van der Waals surface area contributed by atoms with Crippen LogP contribution in [-0.4, -0.2) is 52.1 Å². The van der Waals surface area contributed by atoms with Gasteiger partial charge in [0.2, 0.25) is 0 Å². The van der Waals surface area contributed by atoms with Crippen LogP contribution >= 0.6 is 0 Å². The van der Waals surface area contributed by atoms with Crippen LogP contribution in [-0.2, 0) is 19.2 Å². The van der Waals surface area contributed by atoms with Crippen LogP contribution in [0.15, 0.2) is 0 Å². The summed E-state index contributed by atoms with van der Waals surface area (Å²) in [6.45, 7) is 0.387. The Balaban J connectivity index is 3.34. The minimum absolute atomic E-state index is 0.181. The zero-order chi connectivity index (χ0) is 14.7. The number of aliphatic carboxylic acids is 1. The maximum atomic E-state index is 11.1. The van der Waals surface area contributed by atoms with Gasteiger partial charge in [0, 0.05) is 0 Å². The molecule has 0 aromatic carbocycles. The zero-order valence-electron chi connectivity index (χ0n) is 10.5. The highest BCUT2D eigenvalue weighted by molar-refractivity contribution is 5.81. The van der Waals surface area contributed by atoms with Gasteiger partial charge in [0.25, 0.3) is 0 Å². The summed E-state index contributed by atoms with van der Waals surface area (Å²) in [5.41, 5.74) is 5.17. The van der Waals surface area contributed by atoms with Crippen molar-refractivity contribution in [3.63, 3.8) is 0 Å². The Kier molecular flexibility index (Phi) is 9.94. The summed E-state index contributed by atoms with van der Waals surface area (Å²) in [6, 6.07) is -1.23. The average molecular weight is 280 g/mol. The molecule has 9 nitrogen and oxygen atoms in total. The molecule has 19 heavy (non-hydrogen) atoms. The van der Waals surface area contributed by atoms with Gasteiger partial charge in [-0.2, -0.15) is 0 Å². The van der Waals surface area contributed by atoms with Crippen molar-refractivity contribution < 1.29 is 34.7 Å². The van der Waals surface area contributed by atoms with E-state index in [2.05, 4.69) is 4.84 Å². The van der Waals surface area contributed by atoms with Gasteiger partial charge in [-0.05, 0) is 19.3 Å². The number of carboxylic acids is 1. The van der Waals surface area contributed by atoms with Crippen LogP contribution in [0.1, 0.15) is 32.1 Å². The largest absolute Gasteiger partial charge is 0.480 e. The Morgan fingerprint density at radius 3 is 2.21 bits per heavy atom. The lowest BCUT2D eigenvalue weighted by Gasteiger charge is -2.07. The molecule has 0 aliphatic carbocycles. The van der Waals surface area contributed by atoms with Crippen molar-refractivity contribution in [1.82, 2.24) is 5.39 Å². The monoisotopic (exact) mass is 280 g/mol. The molecule has 0 aliphatic rings. The molecule has 0 heterocycles. The number of ether oxygens (including phenoxy) is 1. The summed E-state index contributed by atoms with van der Waals surface area (Å²) in [5, 5.41) is 24.6. The van der Waals surface area contributed by atoms with Crippen molar-refractivity contribution >= 4 is 11.9 Å². The maximum absolute atomic E-state index is 11.1. The number of hydrogen-bond acceptors (Lipinski definition) is 8. The molecule has 0 aromatic heterocycles. The molecule has 0 bridgehead atoms. The Morgan fingerprint density at radius 2 is 1.68 bits per heavy atom. The molecule has 0 amide bonds. The van der Waals surface area contributed by atoms with Gasteiger partial charge in [0.05, 0.1) is 25.0 Å². The van der Waals surface area contributed by atoms with E-state index in [4.69, 9.17) is 26.0 Å². The topological polar surface area (TPSA) is 143 Å². The summed E-state index contributed by atoms with van der Waals surface area (Å²) < 4.78 is 4.81. The quantitative estimate of drug-likeness (QED) is 0.232. The van der Waals surface area contributed by atoms with Crippen LogP contribution in [0.5, 0.6) is 0 Å². The highest BCUT2D eigenvalue weighted by Gasteiger charge is 2.16. The van der Waals surface area contributed by atoms with Gasteiger partial charge in [-0.15, -0.1) is 0 Å². The molecule has 0 radical (unpaired) electrons. The maximum Gasteiger partial charge on any atom is 0.321 e. The van der Waals surface area contributed by atoms with Gasteiger partial charge >= 0.3 is 11.9 Å². The fourth-order valence-corrected chi connectivity index (χ4v) is 1.22. The third-order valence-electron chi connectivity index (χ3n) is 2.21. The second kappa shape index (κ2) is 10.6. The van der Waals surface area contributed by atoms with E-state index in [1.165, 1.54) is 0 Å². The molecule has 0 rings (SSSR count). The van der Waals surface area contributed by atoms with Crippen LogP contribution in [0.25, 0.3) is 0 Å². The minimum Gasteiger partial charge on any atom is -0.480 e. The third-order valence-corrected chi connectivity index (χ3v) is 2.21. The van der Waals surface area contributed by atoms with E-state index in [0.717, 1.165) is 12.8 Å². The van der Waals surface area contributed by atoms with Crippen molar-refractivity contribution in [2.75, 3.05) is 13.2 Å². The minimum atomic E-state index is -1.24. The van der Waals surface area contributed by atoms with Crippen LogP contribution in [0.2, 0.25) is 0 Å². The number of hydrogen-bond donors (Lipinski definition) is 4. The van der Waals surface area contributed by atoms with E-state index < -0.39 is 18.0 Å². The molecular weight excluding hydrogens is 260 g/mol. The molecule has 0 fully saturated rings. The highest BCUT2D eigenvalue weighted by Crippen LogP contribution is 2.02. The first kappa shape index (κ1) is 17.7. The van der Waals surface area contributed by atoms with Crippen LogP contribution in [0.3, 0.4) is 0 Å². The second-order valence-electron chi connectivity index (χ2n) is 3.87. The van der Waals surface area contributed by atoms with Gasteiger partial charge < -0.3 is 15.6 Å². The first-order valence-electron chi connectivity index (χ1n) is 5.88. The van der Waals surface area contributed by atoms with Gasteiger partial charge in [-0.1, -0.05) is 6.42 Å². The van der Waals surface area contributed by atoms with E-state index in [1.54, 1.807) is 0 Å². The smallest absolute Gasteiger partial charge is 0.321 e. The van der Waals surface area contributed by atoms with Gasteiger partial charge in [0.1, 0.15) is 6.04 Å². The SMILES string of the molecule is NC(CC(=O)OCCCCCCON(O)O)C(=O)O. The molecule has 1 unspecified atom stereocenters. The number of unbranched alkanes of at least 4 members (excludes halogenated alkanes) is 3. The van der Waals surface area contributed by atoms with Crippen LogP contribution in [0, 0.1) is 0 Å². The number of carboxylic acid groups (broad SMARTS) is 1. The predicted molar refractivity (Wildman–Crippen MR) is 61.0 cm³/mol. The van der Waals surface area contributed by atoms with Crippen molar-refractivity contribution in [3.05, 3.63) is 0 Å².